The minimum atomic E-state index is -0.258. The Morgan fingerprint density at radius 2 is 1.82 bits per heavy atom. The number of rotatable bonds is 8. The molecule has 1 aliphatic rings. The molecule has 1 amide bonds. The minimum absolute atomic E-state index is 0.244. The molecule has 0 bridgehead atoms. The molecular formula is C25H25N5O4. The first-order chi connectivity index (χ1) is 16.4. The third-order valence-corrected chi connectivity index (χ3v) is 5.23. The van der Waals surface area contributed by atoms with Crippen molar-refractivity contribution in [3.05, 3.63) is 84.6 Å². The molecule has 1 aliphatic heterocycles. The van der Waals surface area contributed by atoms with Gasteiger partial charge in [-0.3, -0.25) is 4.79 Å². The number of methoxy groups -OCH3 is 2. The second-order valence-corrected chi connectivity index (χ2v) is 7.47. The van der Waals surface area contributed by atoms with Gasteiger partial charge in [-0.2, -0.15) is 0 Å². The average molecular weight is 460 g/mol. The number of likely N-dealkylation sites (N-methyl/N-ethyl adjacent to an activating group) is 1. The van der Waals surface area contributed by atoms with E-state index in [0.717, 1.165) is 17.1 Å². The van der Waals surface area contributed by atoms with Crippen LogP contribution in [0.3, 0.4) is 0 Å². The van der Waals surface area contributed by atoms with E-state index in [2.05, 4.69) is 16.5 Å². The molecule has 0 atom stereocenters. The van der Waals surface area contributed by atoms with Crippen LogP contribution in [0.25, 0.3) is 0 Å². The standard InChI is InChI=1S/C25H25N5O4/c1-16-19(30(16)20-14-28-24(26)13-21(20)32-3)10-11-29(2)25(31)18-12-22(33-4)23(15-27-18)34-17-8-6-5-7-9-17/h5-10,12-15H,1,11H2,2-4H3,(H2,26,28)/b19-10+. The first kappa shape index (κ1) is 22.7. The van der Waals surface area contributed by atoms with Crippen LogP contribution in [-0.4, -0.2) is 48.6 Å². The summed E-state index contributed by atoms with van der Waals surface area (Å²) in [6.45, 7) is 4.40. The number of anilines is 2. The van der Waals surface area contributed by atoms with Crippen molar-refractivity contribution in [3.8, 4) is 23.0 Å². The number of nitrogen functional groups attached to an aromatic ring is 1. The molecule has 174 valence electrons. The molecule has 0 spiro atoms. The predicted octanol–water partition coefficient (Wildman–Crippen LogP) is 3.86. The van der Waals surface area contributed by atoms with Gasteiger partial charge >= 0.3 is 0 Å². The van der Waals surface area contributed by atoms with Gasteiger partial charge in [0.25, 0.3) is 5.91 Å². The van der Waals surface area contributed by atoms with Gasteiger partial charge in [-0.05, 0) is 18.2 Å². The summed E-state index contributed by atoms with van der Waals surface area (Å²) in [6.07, 6.45) is 5.01. The van der Waals surface area contributed by atoms with Crippen LogP contribution in [0.4, 0.5) is 11.5 Å². The van der Waals surface area contributed by atoms with Crippen molar-refractivity contribution >= 4 is 17.4 Å². The average Bonchev–Trinajstić information content (AvgIpc) is 3.51. The number of carbonyl (C=O) groups is 1. The number of nitrogens with two attached hydrogens (primary N) is 1. The highest BCUT2D eigenvalue weighted by Gasteiger charge is 2.35. The molecule has 0 saturated carbocycles. The predicted molar refractivity (Wildman–Crippen MR) is 129 cm³/mol. The second kappa shape index (κ2) is 9.53. The highest BCUT2D eigenvalue weighted by molar-refractivity contribution is 5.93. The van der Waals surface area contributed by atoms with Crippen LogP contribution < -0.4 is 24.8 Å². The summed E-state index contributed by atoms with van der Waals surface area (Å²) in [5.74, 6) is 2.19. The Kier molecular flexibility index (Phi) is 6.35. The molecule has 2 N–H and O–H groups in total. The largest absolute Gasteiger partial charge is 0.494 e. The van der Waals surface area contributed by atoms with E-state index in [-0.39, 0.29) is 11.6 Å². The zero-order valence-corrected chi connectivity index (χ0v) is 19.2. The van der Waals surface area contributed by atoms with Crippen LogP contribution in [0.15, 0.2) is 78.9 Å². The van der Waals surface area contributed by atoms with Crippen molar-refractivity contribution in [2.75, 3.05) is 38.4 Å². The van der Waals surface area contributed by atoms with Crippen LogP contribution in [0.1, 0.15) is 10.5 Å². The molecule has 34 heavy (non-hydrogen) atoms. The highest BCUT2D eigenvalue weighted by Crippen LogP contribution is 2.45. The Hall–Kier alpha value is -4.53. The van der Waals surface area contributed by atoms with Gasteiger partial charge in [0.2, 0.25) is 0 Å². The molecule has 1 aromatic carbocycles. The maximum atomic E-state index is 12.9. The normalized spacial score (nSPS) is 13.6. The summed E-state index contributed by atoms with van der Waals surface area (Å²) in [5, 5.41) is 0. The van der Waals surface area contributed by atoms with Crippen LogP contribution in [0.5, 0.6) is 23.0 Å². The lowest BCUT2D eigenvalue weighted by Gasteiger charge is -2.16. The summed E-state index contributed by atoms with van der Waals surface area (Å²) in [6, 6.07) is 12.5. The summed E-state index contributed by atoms with van der Waals surface area (Å²) in [4.78, 5) is 24.8. The lowest BCUT2D eigenvalue weighted by atomic mass is 10.3. The van der Waals surface area contributed by atoms with Gasteiger partial charge in [0.05, 0.1) is 38.0 Å². The Morgan fingerprint density at radius 1 is 1.09 bits per heavy atom. The molecule has 1 saturated heterocycles. The topological polar surface area (TPSA) is 103 Å². The van der Waals surface area contributed by atoms with E-state index in [1.54, 1.807) is 37.4 Å². The van der Waals surface area contributed by atoms with Gasteiger partial charge in [0.1, 0.15) is 28.7 Å². The number of aromatic nitrogens is 2. The molecule has 9 heteroatoms. The number of carbonyl (C=O) groups excluding carboxylic acids is 1. The maximum Gasteiger partial charge on any atom is 0.272 e. The molecule has 0 unspecified atom stereocenters. The monoisotopic (exact) mass is 459 g/mol. The number of benzene rings is 1. The molecule has 0 aliphatic carbocycles. The van der Waals surface area contributed by atoms with Gasteiger partial charge in [-0.25, -0.2) is 9.97 Å². The first-order valence-electron chi connectivity index (χ1n) is 10.4. The zero-order valence-electron chi connectivity index (χ0n) is 19.2. The van der Waals surface area contributed by atoms with Crippen LogP contribution >= 0.6 is 0 Å². The van der Waals surface area contributed by atoms with Gasteiger partial charge in [-0.1, -0.05) is 24.8 Å². The molecule has 1 fully saturated rings. The molecule has 3 heterocycles. The summed E-state index contributed by atoms with van der Waals surface area (Å²) in [7, 11) is 4.78. The summed E-state index contributed by atoms with van der Waals surface area (Å²) >= 11 is 0. The lowest BCUT2D eigenvalue weighted by Crippen LogP contribution is -2.27. The van der Waals surface area contributed by atoms with E-state index >= 15 is 0 Å². The number of nitrogens with zero attached hydrogens (tertiary/aromatic N) is 4. The molecule has 0 radical (unpaired) electrons. The SMILES string of the molecule is C=C1/C(=C\CN(C)C(=O)c2cc(OC)c(Oc3ccccc3)cn2)N1c1cnc(N)cc1OC. The second-order valence-electron chi connectivity index (χ2n) is 7.47. The van der Waals surface area contributed by atoms with Crippen molar-refractivity contribution in [3.63, 3.8) is 0 Å². The fraction of sp³-hybridized carbons (Fsp3) is 0.160. The van der Waals surface area contributed by atoms with Crippen LogP contribution in [0.2, 0.25) is 0 Å². The quantitative estimate of drug-likeness (QED) is 0.507. The fourth-order valence-corrected chi connectivity index (χ4v) is 3.37. The number of ether oxygens (including phenoxy) is 3. The number of hydrogen-bond acceptors (Lipinski definition) is 8. The van der Waals surface area contributed by atoms with Gasteiger partial charge in [0, 0.05) is 25.7 Å². The van der Waals surface area contributed by atoms with Gasteiger partial charge in [0.15, 0.2) is 11.5 Å². The molecule has 4 rings (SSSR count). The molecule has 2 aromatic heterocycles. The van der Waals surface area contributed by atoms with Crippen molar-refractivity contribution in [1.82, 2.24) is 14.9 Å². The Morgan fingerprint density at radius 3 is 2.53 bits per heavy atom. The Labute approximate surface area is 197 Å². The lowest BCUT2D eigenvalue weighted by molar-refractivity contribution is 0.0804. The summed E-state index contributed by atoms with van der Waals surface area (Å²) < 4.78 is 16.6. The van der Waals surface area contributed by atoms with E-state index in [9.17, 15) is 4.79 Å². The van der Waals surface area contributed by atoms with Crippen LogP contribution in [-0.2, 0) is 0 Å². The van der Waals surface area contributed by atoms with Gasteiger partial charge < -0.3 is 29.7 Å². The van der Waals surface area contributed by atoms with Crippen molar-refractivity contribution in [1.29, 1.82) is 0 Å². The number of hydrogen-bond donors (Lipinski definition) is 1. The molecule has 3 aromatic rings. The number of amides is 1. The van der Waals surface area contributed by atoms with Crippen molar-refractivity contribution < 1.29 is 19.0 Å². The number of para-hydroxylation sites is 1. The molecular weight excluding hydrogens is 434 g/mol. The molecule has 9 nitrogen and oxygen atoms in total. The highest BCUT2D eigenvalue weighted by atomic mass is 16.5. The smallest absolute Gasteiger partial charge is 0.272 e. The maximum absolute atomic E-state index is 12.9. The van der Waals surface area contributed by atoms with Crippen molar-refractivity contribution in [2.24, 2.45) is 0 Å². The Bertz CT molecular complexity index is 1260. The minimum Gasteiger partial charge on any atom is -0.494 e. The van der Waals surface area contributed by atoms with E-state index in [0.29, 0.717) is 35.4 Å². The third-order valence-electron chi connectivity index (χ3n) is 5.23. The number of pyridine rings is 2. The van der Waals surface area contributed by atoms with Gasteiger partial charge in [-0.15, -0.1) is 0 Å². The van der Waals surface area contributed by atoms with Crippen LogP contribution in [0, 0.1) is 0 Å². The van der Waals surface area contributed by atoms with E-state index in [1.165, 1.54) is 13.3 Å². The van der Waals surface area contributed by atoms with Crippen molar-refractivity contribution in [2.45, 2.75) is 0 Å². The van der Waals surface area contributed by atoms with E-state index in [4.69, 9.17) is 19.9 Å². The van der Waals surface area contributed by atoms with E-state index in [1.807, 2.05) is 41.3 Å². The van der Waals surface area contributed by atoms with E-state index < -0.39 is 0 Å². The fourth-order valence-electron chi connectivity index (χ4n) is 3.37. The Balaban J connectivity index is 1.45. The summed E-state index contributed by atoms with van der Waals surface area (Å²) in [5.41, 5.74) is 8.39. The zero-order chi connectivity index (χ0) is 24.2. The first-order valence-corrected chi connectivity index (χ1v) is 10.4. The third kappa shape index (κ3) is 4.63.